The second kappa shape index (κ2) is 35.4. The number of nitrogens with zero attached hydrogens (tertiary/aromatic N) is 1. The van der Waals surface area contributed by atoms with Crippen molar-refractivity contribution in [2.45, 2.75) is 193 Å². The molecular weight excluding hydrogens is 671 g/mol. The maximum absolute atomic E-state index is 12.8. The number of carbonyl (C=O) groups excluding carboxylic acids is 1. The van der Waals surface area contributed by atoms with Crippen LogP contribution in [0.25, 0.3) is 0 Å². The fourth-order valence-electron chi connectivity index (χ4n) is 5.93. The Morgan fingerprint density at radius 1 is 0.654 bits per heavy atom. The van der Waals surface area contributed by atoms with E-state index in [0.29, 0.717) is 23.9 Å². The van der Waals surface area contributed by atoms with Gasteiger partial charge in [-0.25, -0.2) is 4.57 Å². The van der Waals surface area contributed by atoms with E-state index in [1.54, 1.807) is 0 Å². The molecule has 0 fully saturated rings. The van der Waals surface area contributed by atoms with Crippen molar-refractivity contribution in [1.29, 1.82) is 0 Å². The van der Waals surface area contributed by atoms with E-state index in [1.807, 2.05) is 21.1 Å². The molecule has 9 heteroatoms. The molecule has 52 heavy (non-hydrogen) atoms. The van der Waals surface area contributed by atoms with Crippen molar-refractivity contribution in [2.75, 3.05) is 40.9 Å². The highest BCUT2D eigenvalue weighted by Crippen LogP contribution is 2.43. The van der Waals surface area contributed by atoms with Gasteiger partial charge in [-0.1, -0.05) is 159 Å². The van der Waals surface area contributed by atoms with E-state index in [2.05, 4.69) is 55.6 Å². The lowest BCUT2D eigenvalue weighted by Crippen LogP contribution is -2.46. The Bertz CT molecular complexity index is 948. The van der Waals surface area contributed by atoms with Crippen LogP contribution in [0.5, 0.6) is 0 Å². The van der Waals surface area contributed by atoms with Gasteiger partial charge in [-0.2, -0.15) is 0 Å². The van der Waals surface area contributed by atoms with Gasteiger partial charge >= 0.3 is 7.82 Å². The van der Waals surface area contributed by atoms with Crippen LogP contribution in [0.4, 0.5) is 0 Å². The van der Waals surface area contributed by atoms with Crippen LogP contribution in [-0.2, 0) is 18.4 Å². The first-order valence-electron chi connectivity index (χ1n) is 21.4. The predicted molar refractivity (Wildman–Crippen MR) is 221 cm³/mol. The average Bonchev–Trinajstić information content (AvgIpc) is 3.09. The molecule has 0 aliphatic heterocycles. The van der Waals surface area contributed by atoms with E-state index in [1.165, 1.54) is 89.9 Å². The number of rotatable bonds is 38. The third kappa shape index (κ3) is 37.1. The van der Waals surface area contributed by atoms with E-state index in [0.717, 1.165) is 64.2 Å². The molecule has 0 heterocycles. The number of aliphatic hydroxyl groups excluding tert-OH is 1. The van der Waals surface area contributed by atoms with Gasteiger partial charge in [0.15, 0.2) is 0 Å². The Labute approximate surface area is 321 Å². The zero-order valence-electron chi connectivity index (χ0n) is 34.5. The number of unbranched alkanes of at least 4 members (excludes halogenated alkanes) is 19. The SMILES string of the molecule is CCCCCCC/C=C\C/C=C\C/C=C\CCCCCCCCCCCCC(=O)NC(COP(=O)(O)OCC[N+](C)(C)C)C(O)CCCCCCC. The number of quaternary nitrogens is 1. The third-order valence-corrected chi connectivity index (χ3v) is 10.4. The number of aliphatic hydroxyl groups is 1. The van der Waals surface area contributed by atoms with Crippen molar-refractivity contribution in [2.24, 2.45) is 0 Å². The van der Waals surface area contributed by atoms with Gasteiger partial charge in [-0.05, 0) is 51.4 Å². The van der Waals surface area contributed by atoms with E-state index in [4.69, 9.17) is 9.05 Å². The number of hydrogen-bond donors (Lipinski definition) is 3. The van der Waals surface area contributed by atoms with Crippen molar-refractivity contribution < 1.29 is 32.9 Å². The minimum Gasteiger partial charge on any atom is -0.391 e. The highest BCUT2D eigenvalue weighted by Gasteiger charge is 2.28. The predicted octanol–water partition coefficient (Wildman–Crippen LogP) is 11.5. The monoisotopic (exact) mass is 756 g/mol. The molecule has 0 bridgehead atoms. The summed E-state index contributed by atoms with van der Waals surface area (Å²) in [5.41, 5.74) is 0. The largest absolute Gasteiger partial charge is 0.472 e. The summed E-state index contributed by atoms with van der Waals surface area (Å²) >= 11 is 0. The fraction of sp³-hybridized carbons (Fsp3) is 0.837. The van der Waals surface area contributed by atoms with Gasteiger partial charge in [0.2, 0.25) is 5.91 Å². The maximum Gasteiger partial charge on any atom is 0.472 e. The first kappa shape index (κ1) is 50.7. The van der Waals surface area contributed by atoms with Crippen LogP contribution in [0.2, 0.25) is 0 Å². The summed E-state index contributed by atoms with van der Waals surface area (Å²) in [4.78, 5) is 22.9. The smallest absolute Gasteiger partial charge is 0.391 e. The van der Waals surface area contributed by atoms with Crippen molar-refractivity contribution >= 4 is 13.7 Å². The molecule has 3 unspecified atom stereocenters. The lowest BCUT2D eigenvalue weighted by molar-refractivity contribution is -0.870. The molecule has 0 aromatic rings. The fourth-order valence-corrected chi connectivity index (χ4v) is 6.67. The second-order valence-corrected chi connectivity index (χ2v) is 17.2. The van der Waals surface area contributed by atoms with Crippen molar-refractivity contribution in [3.63, 3.8) is 0 Å². The molecule has 3 atom stereocenters. The van der Waals surface area contributed by atoms with Crippen LogP contribution in [0.1, 0.15) is 181 Å². The van der Waals surface area contributed by atoms with Gasteiger partial charge in [0.05, 0.1) is 39.9 Å². The van der Waals surface area contributed by atoms with E-state index in [-0.39, 0.29) is 19.1 Å². The second-order valence-electron chi connectivity index (χ2n) is 15.7. The number of amides is 1. The molecule has 0 saturated heterocycles. The van der Waals surface area contributed by atoms with Crippen LogP contribution in [0.15, 0.2) is 36.5 Å². The molecule has 3 N–H and O–H groups in total. The highest BCUT2D eigenvalue weighted by atomic mass is 31.2. The van der Waals surface area contributed by atoms with Crippen molar-refractivity contribution in [1.82, 2.24) is 5.32 Å². The number of phosphoric acid groups is 1. The van der Waals surface area contributed by atoms with Gasteiger partial charge in [0.1, 0.15) is 13.2 Å². The van der Waals surface area contributed by atoms with Crippen LogP contribution in [-0.4, -0.2) is 73.4 Å². The van der Waals surface area contributed by atoms with Gasteiger partial charge in [0.25, 0.3) is 0 Å². The number of hydrogen-bond acceptors (Lipinski definition) is 5. The molecule has 0 rings (SSSR count). The molecule has 1 amide bonds. The highest BCUT2D eigenvalue weighted by molar-refractivity contribution is 7.47. The first-order valence-corrected chi connectivity index (χ1v) is 22.8. The number of allylic oxidation sites excluding steroid dienone is 6. The zero-order valence-corrected chi connectivity index (χ0v) is 35.4. The lowest BCUT2D eigenvalue weighted by Gasteiger charge is -2.26. The van der Waals surface area contributed by atoms with Crippen LogP contribution < -0.4 is 5.32 Å². The molecule has 306 valence electrons. The van der Waals surface area contributed by atoms with Gasteiger partial charge < -0.3 is 19.8 Å². The Morgan fingerprint density at radius 2 is 1.10 bits per heavy atom. The van der Waals surface area contributed by atoms with E-state index in [9.17, 15) is 19.4 Å². The molecule has 0 aromatic heterocycles. The Hall–Kier alpha value is -1.28. The Morgan fingerprint density at radius 3 is 1.60 bits per heavy atom. The van der Waals surface area contributed by atoms with Gasteiger partial charge in [-0.3, -0.25) is 13.8 Å². The van der Waals surface area contributed by atoms with Crippen molar-refractivity contribution in [3.8, 4) is 0 Å². The molecular formula is C43H84N2O6P+. The third-order valence-electron chi connectivity index (χ3n) is 9.39. The summed E-state index contributed by atoms with van der Waals surface area (Å²) in [6.07, 6.45) is 42.2. The minimum atomic E-state index is -4.30. The maximum atomic E-state index is 12.8. The van der Waals surface area contributed by atoms with Gasteiger partial charge in [0, 0.05) is 6.42 Å². The molecule has 0 aliphatic carbocycles. The zero-order chi connectivity index (χ0) is 38.6. The molecule has 0 aliphatic rings. The number of nitrogens with one attached hydrogen (secondary N) is 1. The Balaban J connectivity index is 4.04. The van der Waals surface area contributed by atoms with Crippen LogP contribution in [0.3, 0.4) is 0 Å². The summed E-state index contributed by atoms with van der Waals surface area (Å²) in [7, 11) is 1.60. The number of likely N-dealkylation sites (N-methyl/N-ethyl adjacent to an activating group) is 1. The summed E-state index contributed by atoms with van der Waals surface area (Å²) in [5, 5.41) is 13.7. The number of phosphoric ester groups is 1. The lowest BCUT2D eigenvalue weighted by atomic mass is 10.0. The molecule has 0 spiro atoms. The average molecular weight is 756 g/mol. The van der Waals surface area contributed by atoms with Crippen molar-refractivity contribution in [3.05, 3.63) is 36.5 Å². The summed E-state index contributed by atoms with van der Waals surface area (Å²) in [5.74, 6) is -0.157. The first-order chi connectivity index (χ1) is 25.0. The van der Waals surface area contributed by atoms with E-state index < -0.39 is 20.0 Å². The summed E-state index contributed by atoms with van der Waals surface area (Å²) in [6.45, 7) is 4.77. The summed E-state index contributed by atoms with van der Waals surface area (Å²) < 4.78 is 23.4. The van der Waals surface area contributed by atoms with E-state index >= 15 is 0 Å². The molecule has 0 aromatic carbocycles. The van der Waals surface area contributed by atoms with Crippen LogP contribution in [0, 0.1) is 0 Å². The molecule has 0 radical (unpaired) electrons. The minimum absolute atomic E-state index is 0.0721. The van der Waals surface area contributed by atoms with Crippen LogP contribution >= 0.6 is 7.82 Å². The summed E-state index contributed by atoms with van der Waals surface area (Å²) in [6, 6.07) is -0.758. The topological polar surface area (TPSA) is 105 Å². The molecule has 8 nitrogen and oxygen atoms in total. The normalized spacial score (nSPS) is 14.8. The van der Waals surface area contributed by atoms with Gasteiger partial charge in [-0.15, -0.1) is 0 Å². The molecule has 0 saturated carbocycles. The quantitative estimate of drug-likeness (QED) is 0.0251. The standard InChI is InChI=1S/C43H83N2O6P/c1-6-8-10-12-13-14-15-16-17-18-19-20-21-22-23-24-25-26-27-28-29-30-31-33-35-37-43(47)44-41(42(46)36-34-32-11-9-7-2)40-51-52(48,49)50-39-38-45(3,4)5/h15-16,18-19,21-22,41-42,46H,6-14,17,20,23-40H2,1-5H3,(H-,44,47,48,49)/p+1/b16-15-,19-18-,22-21-. The Kier molecular flexibility index (Phi) is 34.6. The number of carbonyl (C=O) groups is 1.